The number of fused-ring (bicyclic) bond motifs is 1. The second-order valence-electron chi connectivity index (χ2n) is 6.03. The SMILES string of the molecule is Cc1nn(CC(=O)Nc2ccccc2)c2nccc(C3CC3)c12. The molecule has 1 aliphatic carbocycles. The highest BCUT2D eigenvalue weighted by Crippen LogP contribution is 2.43. The Morgan fingerprint density at radius 3 is 2.78 bits per heavy atom. The van der Waals surface area contributed by atoms with Gasteiger partial charge in [0.05, 0.1) is 5.69 Å². The molecule has 2 aromatic heterocycles. The zero-order valence-electron chi connectivity index (χ0n) is 13.0. The van der Waals surface area contributed by atoms with Crippen LogP contribution in [-0.2, 0) is 11.3 Å². The molecule has 1 aliphatic rings. The smallest absolute Gasteiger partial charge is 0.246 e. The average Bonchev–Trinajstić information content (AvgIpc) is 3.34. The topological polar surface area (TPSA) is 59.8 Å². The van der Waals surface area contributed by atoms with Crippen LogP contribution in [0.4, 0.5) is 5.69 Å². The first-order valence-electron chi connectivity index (χ1n) is 7.89. The average molecular weight is 306 g/mol. The Morgan fingerprint density at radius 1 is 1.26 bits per heavy atom. The third-order valence-corrected chi connectivity index (χ3v) is 4.21. The number of anilines is 1. The number of benzene rings is 1. The highest BCUT2D eigenvalue weighted by Gasteiger charge is 2.27. The lowest BCUT2D eigenvalue weighted by molar-refractivity contribution is -0.116. The number of para-hydroxylation sites is 1. The van der Waals surface area contributed by atoms with Gasteiger partial charge in [-0.3, -0.25) is 4.79 Å². The van der Waals surface area contributed by atoms with Crippen molar-refractivity contribution in [2.45, 2.75) is 32.2 Å². The highest BCUT2D eigenvalue weighted by atomic mass is 16.2. The molecule has 1 saturated carbocycles. The number of amides is 1. The van der Waals surface area contributed by atoms with Crippen LogP contribution in [0.5, 0.6) is 0 Å². The molecule has 0 saturated heterocycles. The second-order valence-corrected chi connectivity index (χ2v) is 6.03. The maximum absolute atomic E-state index is 12.3. The quantitative estimate of drug-likeness (QED) is 0.805. The van der Waals surface area contributed by atoms with E-state index in [9.17, 15) is 4.79 Å². The molecule has 0 spiro atoms. The maximum atomic E-state index is 12.3. The number of nitrogens with one attached hydrogen (secondary N) is 1. The predicted molar refractivity (Wildman–Crippen MR) is 89.3 cm³/mol. The molecule has 1 amide bonds. The number of hydrogen-bond acceptors (Lipinski definition) is 3. The van der Waals surface area contributed by atoms with E-state index in [2.05, 4.69) is 21.5 Å². The first kappa shape index (κ1) is 13.9. The molecule has 0 unspecified atom stereocenters. The van der Waals surface area contributed by atoms with Gasteiger partial charge in [0.25, 0.3) is 0 Å². The van der Waals surface area contributed by atoms with Gasteiger partial charge in [-0.05, 0) is 49.4 Å². The predicted octanol–water partition coefficient (Wildman–Crippen LogP) is 3.26. The number of nitrogens with zero attached hydrogens (tertiary/aromatic N) is 3. The number of rotatable bonds is 4. The van der Waals surface area contributed by atoms with Gasteiger partial charge in [-0.1, -0.05) is 18.2 Å². The molecule has 0 atom stereocenters. The number of aryl methyl sites for hydroxylation is 1. The Bertz CT molecular complexity index is 865. The third kappa shape index (κ3) is 2.70. The molecule has 1 fully saturated rings. The van der Waals surface area contributed by atoms with Crippen molar-refractivity contribution in [2.75, 3.05) is 5.32 Å². The van der Waals surface area contributed by atoms with Gasteiger partial charge in [-0.25, -0.2) is 9.67 Å². The molecular weight excluding hydrogens is 288 g/mol. The summed E-state index contributed by atoms with van der Waals surface area (Å²) in [5, 5.41) is 8.54. The van der Waals surface area contributed by atoms with Gasteiger partial charge in [0.2, 0.25) is 5.91 Å². The first-order valence-corrected chi connectivity index (χ1v) is 7.89. The zero-order chi connectivity index (χ0) is 15.8. The van der Waals surface area contributed by atoms with Gasteiger partial charge >= 0.3 is 0 Å². The van der Waals surface area contributed by atoms with Gasteiger partial charge in [0.15, 0.2) is 5.65 Å². The van der Waals surface area contributed by atoms with Gasteiger partial charge in [-0.15, -0.1) is 0 Å². The van der Waals surface area contributed by atoms with Crippen LogP contribution >= 0.6 is 0 Å². The summed E-state index contributed by atoms with van der Waals surface area (Å²) in [6.45, 7) is 2.15. The van der Waals surface area contributed by atoms with E-state index in [1.54, 1.807) is 4.68 Å². The number of carbonyl (C=O) groups excluding carboxylic acids is 1. The van der Waals surface area contributed by atoms with Gasteiger partial charge in [0, 0.05) is 17.3 Å². The van der Waals surface area contributed by atoms with E-state index < -0.39 is 0 Å². The van der Waals surface area contributed by atoms with Gasteiger partial charge in [0.1, 0.15) is 6.54 Å². The molecule has 4 rings (SSSR count). The lowest BCUT2D eigenvalue weighted by atomic mass is 10.1. The molecular formula is C18H18N4O. The fourth-order valence-corrected chi connectivity index (χ4v) is 3.01. The normalized spacial score (nSPS) is 14.1. The minimum absolute atomic E-state index is 0.0979. The minimum Gasteiger partial charge on any atom is -0.324 e. The van der Waals surface area contributed by atoms with Crippen LogP contribution in [0.2, 0.25) is 0 Å². The molecule has 0 bridgehead atoms. The van der Waals surface area contributed by atoms with Crippen LogP contribution in [0.15, 0.2) is 42.6 Å². The monoisotopic (exact) mass is 306 g/mol. The molecule has 5 nitrogen and oxygen atoms in total. The van der Waals surface area contributed by atoms with Crippen LogP contribution in [-0.4, -0.2) is 20.7 Å². The summed E-state index contributed by atoms with van der Waals surface area (Å²) in [7, 11) is 0. The van der Waals surface area contributed by atoms with E-state index in [0.717, 1.165) is 22.4 Å². The van der Waals surface area contributed by atoms with Crippen molar-refractivity contribution in [1.29, 1.82) is 0 Å². The lowest BCUT2D eigenvalue weighted by Crippen LogP contribution is -2.19. The van der Waals surface area contributed by atoms with E-state index in [0.29, 0.717) is 5.92 Å². The molecule has 5 heteroatoms. The third-order valence-electron chi connectivity index (χ3n) is 4.21. The molecule has 1 aromatic carbocycles. The Hall–Kier alpha value is -2.69. The van der Waals surface area contributed by atoms with Crippen LogP contribution < -0.4 is 5.32 Å². The minimum atomic E-state index is -0.0979. The van der Waals surface area contributed by atoms with Crippen molar-refractivity contribution in [1.82, 2.24) is 14.8 Å². The molecule has 2 heterocycles. The summed E-state index contributed by atoms with van der Waals surface area (Å²) in [4.78, 5) is 16.7. The largest absolute Gasteiger partial charge is 0.324 e. The summed E-state index contributed by atoms with van der Waals surface area (Å²) < 4.78 is 1.70. The van der Waals surface area contributed by atoms with Gasteiger partial charge < -0.3 is 5.32 Å². The first-order chi connectivity index (χ1) is 11.2. The van der Waals surface area contributed by atoms with Crippen molar-refractivity contribution in [3.63, 3.8) is 0 Å². The molecule has 0 aliphatic heterocycles. The van der Waals surface area contributed by atoms with Crippen molar-refractivity contribution >= 4 is 22.6 Å². The Labute approximate surface area is 134 Å². The fourth-order valence-electron chi connectivity index (χ4n) is 3.01. The molecule has 0 radical (unpaired) electrons. The standard InChI is InChI=1S/C18H18N4O/c1-12-17-15(13-7-8-13)9-10-19-18(17)22(21-12)11-16(23)20-14-5-3-2-4-6-14/h2-6,9-10,13H,7-8,11H2,1H3,(H,20,23). The second kappa shape index (κ2) is 5.50. The van der Waals surface area contributed by atoms with E-state index in [-0.39, 0.29) is 12.5 Å². The zero-order valence-corrected chi connectivity index (χ0v) is 13.0. The number of pyridine rings is 1. The summed E-state index contributed by atoms with van der Waals surface area (Å²) in [6, 6.07) is 11.5. The summed E-state index contributed by atoms with van der Waals surface area (Å²) in [5.74, 6) is 0.536. The summed E-state index contributed by atoms with van der Waals surface area (Å²) >= 11 is 0. The summed E-state index contributed by atoms with van der Waals surface area (Å²) in [6.07, 6.45) is 4.29. The van der Waals surface area contributed by atoms with Crippen molar-refractivity contribution in [2.24, 2.45) is 0 Å². The van der Waals surface area contributed by atoms with Crippen LogP contribution in [0.3, 0.4) is 0 Å². The van der Waals surface area contributed by atoms with Crippen LogP contribution in [0, 0.1) is 6.92 Å². The Morgan fingerprint density at radius 2 is 2.04 bits per heavy atom. The number of hydrogen-bond donors (Lipinski definition) is 1. The van der Waals surface area contributed by atoms with E-state index in [1.165, 1.54) is 18.4 Å². The van der Waals surface area contributed by atoms with Crippen molar-refractivity contribution in [3.8, 4) is 0 Å². The number of aromatic nitrogens is 3. The van der Waals surface area contributed by atoms with E-state index >= 15 is 0 Å². The number of carbonyl (C=O) groups is 1. The highest BCUT2D eigenvalue weighted by molar-refractivity contribution is 5.92. The Kier molecular flexibility index (Phi) is 3.33. The molecule has 116 valence electrons. The fraction of sp³-hybridized carbons (Fsp3) is 0.278. The van der Waals surface area contributed by atoms with Crippen molar-refractivity contribution < 1.29 is 4.79 Å². The molecule has 1 N–H and O–H groups in total. The van der Waals surface area contributed by atoms with Gasteiger partial charge in [-0.2, -0.15) is 5.10 Å². The lowest BCUT2D eigenvalue weighted by Gasteiger charge is -2.06. The van der Waals surface area contributed by atoms with E-state index in [4.69, 9.17) is 0 Å². The maximum Gasteiger partial charge on any atom is 0.246 e. The summed E-state index contributed by atoms with van der Waals surface area (Å²) in [5.41, 5.74) is 3.86. The Balaban J connectivity index is 1.62. The van der Waals surface area contributed by atoms with Crippen molar-refractivity contribution in [3.05, 3.63) is 53.9 Å². The van der Waals surface area contributed by atoms with Crippen LogP contribution in [0.1, 0.15) is 30.0 Å². The van der Waals surface area contributed by atoms with Crippen LogP contribution in [0.25, 0.3) is 11.0 Å². The van der Waals surface area contributed by atoms with E-state index in [1.807, 2.05) is 43.5 Å². The molecule has 23 heavy (non-hydrogen) atoms. The molecule has 3 aromatic rings.